The molecule has 0 unspecified atom stereocenters. The number of rotatable bonds is 7. The Morgan fingerprint density at radius 3 is 2.55 bits per heavy atom. The van der Waals surface area contributed by atoms with Gasteiger partial charge in [0.05, 0.1) is 18.6 Å². The van der Waals surface area contributed by atoms with Crippen LogP contribution in [0.3, 0.4) is 0 Å². The lowest BCUT2D eigenvalue weighted by Gasteiger charge is -2.35. The molecule has 2 atom stereocenters. The van der Waals surface area contributed by atoms with Crippen LogP contribution in [0.5, 0.6) is 0 Å². The molecule has 1 fully saturated rings. The van der Waals surface area contributed by atoms with Gasteiger partial charge in [-0.3, -0.25) is 4.79 Å². The highest BCUT2D eigenvalue weighted by Crippen LogP contribution is 2.24. The minimum atomic E-state index is -1.75. The molecule has 1 heterocycles. The van der Waals surface area contributed by atoms with Crippen LogP contribution >= 0.6 is 0 Å². The predicted octanol–water partition coefficient (Wildman–Crippen LogP) is 2.87. The van der Waals surface area contributed by atoms with E-state index < -0.39 is 19.2 Å². The zero-order chi connectivity index (χ0) is 24.6. The molecule has 1 saturated heterocycles. The molecular formula is C24H34BN3O5. The summed E-state index contributed by atoms with van der Waals surface area (Å²) in [4.78, 5) is 30.4. The molecule has 1 aliphatic rings. The van der Waals surface area contributed by atoms with Crippen molar-refractivity contribution < 1.29 is 24.4 Å². The Labute approximate surface area is 196 Å². The molecule has 1 aromatic carbocycles. The Morgan fingerprint density at radius 1 is 1.30 bits per heavy atom. The summed E-state index contributed by atoms with van der Waals surface area (Å²) < 4.78 is 5.35. The van der Waals surface area contributed by atoms with Crippen LogP contribution in [0.2, 0.25) is 0 Å². The van der Waals surface area contributed by atoms with E-state index >= 15 is 0 Å². The number of alkyl carbamates (subject to hydrolysis) is 1. The number of likely N-dealkylation sites (tertiary alicyclic amines) is 1. The number of carbonyl (C=O) groups excluding carboxylic acids is 2. The zero-order valence-corrected chi connectivity index (χ0v) is 19.9. The third kappa shape index (κ3) is 8.56. The molecule has 0 saturated carbocycles. The highest BCUT2D eigenvalue weighted by atomic mass is 16.5. The summed E-state index contributed by atoms with van der Waals surface area (Å²) in [5, 5.41) is 21.9. The van der Waals surface area contributed by atoms with E-state index in [0.29, 0.717) is 13.0 Å². The Morgan fingerprint density at radius 2 is 1.97 bits per heavy atom. The average molecular weight is 455 g/mol. The Balaban J connectivity index is 1.99. The Kier molecular flexibility index (Phi) is 9.50. The number of benzene rings is 1. The fraction of sp³-hybridized carbons (Fsp3) is 0.542. The highest BCUT2D eigenvalue weighted by Gasteiger charge is 2.31. The number of nitrogens with zero attached hydrogens (tertiary/aromatic N) is 2. The summed E-state index contributed by atoms with van der Waals surface area (Å²) in [5.41, 5.74) is 1.69. The third-order valence-corrected chi connectivity index (χ3v) is 5.44. The average Bonchev–Trinajstić information content (AvgIpc) is 2.76. The molecule has 0 aliphatic carbocycles. The van der Waals surface area contributed by atoms with Gasteiger partial charge in [0.2, 0.25) is 5.70 Å². The summed E-state index contributed by atoms with van der Waals surface area (Å²) >= 11 is 0. The molecule has 9 heteroatoms. The van der Waals surface area contributed by atoms with Crippen LogP contribution in [-0.4, -0.2) is 59.2 Å². The molecule has 0 aromatic heterocycles. The summed E-state index contributed by atoms with van der Waals surface area (Å²) in [7, 11) is -1.75. The smallest absolute Gasteiger partial charge is 0.447 e. The molecule has 1 aromatic rings. The molecule has 8 nitrogen and oxygen atoms in total. The minimum Gasteiger partial charge on any atom is -0.447 e. The van der Waals surface area contributed by atoms with Crippen LogP contribution in [0.1, 0.15) is 51.2 Å². The van der Waals surface area contributed by atoms with Crippen LogP contribution in [0.15, 0.2) is 36.0 Å². The first kappa shape index (κ1) is 26.4. The zero-order valence-electron chi connectivity index (χ0n) is 19.9. The van der Waals surface area contributed by atoms with E-state index in [-0.39, 0.29) is 36.1 Å². The van der Waals surface area contributed by atoms with Crippen LogP contribution in [0, 0.1) is 18.9 Å². The second kappa shape index (κ2) is 11.9. The third-order valence-electron chi connectivity index (χ3n) is 5.44. The monoisotopic (exact) mass is 455 g/mol. The van der Waals surface area contributed by atoms with Crippen molar-refractivity contribution in [2.75, 3.05) is 13.2 Å². The van der Waals surface area contributed by atoms with Crippen molar-refractivity contribution in [3.8, 4) is 0 Å². The maximum absolute atomic E-state index is 13.0. The molecule has 0 spiro atoms. The maximum Gasteiger partial charge on any atom is 0.475 e. The molecule has 1 aliphatic heterocycles. The molecule has 178 valence electrons. The Bertz CT molecular complexity index is 887. The minimum absolute atomic E-state index is 0.0306. The van der Waals surface area contributed by atoms with E-state index in [4.69, 9.17) is 11.3 Å². The molecule has 0 bridgehead atoms. The van der Waals surface area contributed by atoms with Gasteiger partial charge in [-0.25, -0.2) is 9.64 Å². The standard InChI is InChI=1S/C24H34BN3O5/c1-17-9-11-18(12-10-17)14-21(25(31)32)27-23(30)33-16-19-8-6-7-13-28(19)22(29)20(26-5)15-24(2,3)4/h9-12,15,19,21,31-32H,6-8,13-14,16H2,1-4H3,(H,27,30)/t19-,21+/m1/s1. The van der Waals surface area contributed by atoms with Gasteiger partial charge in [-0.15, -0.1) is 0 Å². The van der Waals surface area contributed by atoms with E-state index in [1.807, 2.05) is 52.0 Å². The van der Waals surface area contributed by atoms with Crippen molar-refractivity contribution in [1.82, 2.24) is 10.2 Å². The number of allylic oxidation sites excluding steroid dienone is 1. The van der Waals surface area contributed by atoms with Gasteiger partial charge in [0, 0.05) is 6.54 Å². The molecule has 0 radical (unpaired) electrons. The molecule has 2 rings (SSSR count). The first-order valence-electron chi connectivity index (χ1n) is 11.3. The maximum atomic E-state index is 13.0. The Hall–Kier alpha value is -2.83. The fourth-order valence-corrected chi connectivity index (χ4v) is 3.71. The van der Waals surface area contributed by atoms with Crippen LogP contribution in [-0.2, 0) is 16.0 Å². The quantitative estimate of drug-likeness (QED) is 0.333. The van der Waals surface area contributed by atoms with Crippen molar-refractivity contribution in [3.63, 3.8) is 0 Å². The number of aryl methyl sites for hydroxylation is 1. The molecular weight excluding hydrogens is 421 g/mol. The predicted molar refractivity (Wildman–Crippen MR) is 127 cm³/mol. The normalized spacial score (nSPS) is 17.7. The van der Waals surface area contributed by atoms with E-state index in [2.05, 4.69) is 10.2 Å². The number of hydrogen-bond donors (Lipinski definition) is 3. The summed E-state index contributed by atoms with van der Waals surface area (Å²) in [6, 6.07) is 7.22. The van der Waals surface area contributed by atoms with Gasteiger partial charge < -0.3 is 25.0 Å². The largest absolute Gasteiger partial charge is 0.475 e. The van der Waals surface area contributed by atoms with E-state index in [1.165, 1.54) is 0 Å². The number of nitrogens with one attached hydrogen (secondary N) is 1. The highest BCUT2D eigenvalue weighted by molar-refractivity contribution is 6.43. The lowest BCUT2D eigenvalue weighted by Crippen LogP contribution is -2.50. The van der Waals surface area contributed by atoms with Gasteiger partial charge in [-0.05, 0) is 43.6 Å². The number of ether oxygens (including phenoxy) is 1. The lowest BCUT2D eigenvalue weighted by atomic mass is 9.76. The summed E-state index contributed by atoms with van der Waals surface area (Å²) in [6.07, 6.45) is 3.49. The second-order valence-electron chi connectivity index (χ2n) is 9.61. The van der Waals surface area contributed by atoms with Gasteiger partial charge in [0.15, 0.2) is 0 Å². The molecule has 2 amide bonds. The first-order valence-corrected chi connectivity index (χ1v) is 11.3. The van der Waals surface area contributed by atoms with Gasteiger partial charge in [-0.2, -0.15) is 0 Å². The van der Waals surface area contributed by atoms with E-state index in [1.54, 1.807) is 11.0 Å². The van der Waals surface area contributed by atoms with Crippen molar-refractivity contribution >= 4 is 19.1 Å². The van der Waals surface area contributed by atoms with Gasteiger partial charge in [0.25, 0.3) is 5.91 Å². The number of amides is 2. The summed E-state index contributed by atoms with van der Waals surface area (Å²) in [6.45, 7) is 15.6. The van der Waals surface area contributed by atoms with Crippen molar-refractivity contribution in [1.29, 1.82) is 0 Å². The summed E-state index contributed by atoms with van der Waals surface area (Å²) in [5.74, 6) is -1.29. The van der Waals surface area contributed by atoms with Crippen molar-refractivity contribution in [2.45, 2.75) is 65.4 Å². The van der Waals surface area contributed by atoms with Crippen LogP contribution in [0.25, 0.3) is 4.85 Å². The van der Waals surface area contributed by atoms with E-state index in [9.17, 15) is 19.6 Å². The lowest BCUT2D eigenvalue weighted by molar-refractivity contribution is -0.131. The van der Waals surface area contributed by atoms with Gasteiger partial charge in [-0.1, -0.05) is 56.7 Å². The first-order chi connectivity index (χ1) is 15.5. The van der Waals surface area contributed by atoms with Gasteiger partial charge in [0.1, 0.15) is 6.61 Å². The second-order valence-corrected chi connectivity index (χ2v) is 9.61. The number of piperidine rings is 1. The molecule has 33 heavy (non-hydrogen) atoms. The van der Waals surface area contributed by atoms with Crippen molar-refractivity contribution in [2.24, 2.45) is 5.41 Å². The van der Waals surface area contributed by atoms with Crippen molar-refractivity contribution in [3.05, 3.63) is 58.6 Å². The molecule has 3 N–H and O–H groups in total. The number of hydrogen-bond acceptors (Lipinski definition) is 5. The SMILES string of the molecule is [C-]#[N+]C(=CC(C)(C)C)C(=O)N1CCCC[C@@H]1COC(=O)N[C@@H](Cc1ccc(C)cc1)B(O)O. The topological polar surface area (TPSA) is 103 Å². The van der Waals surface area contributed by atoms with Crippen LogP contribution in [0.4, 0.5) is 4.79 Å². The number of carbonyl (C=O) groups is 2. The van der Waals surface area contributed by atoms with Gasteiger partial charge >= 0.3 is 13.2 Å². The fourth-order valence-electron chi connectivity index (χ4n) is 3.71. The van der Waals surface area contributed by atoms with E-state index in [0.717, 1.165) is 24.0 Å². The van der Waals surface area contributed by atoms with Crippen LogP contribution < -0.4 is 5.32 Å².